The van der Waals surface area contributed by atoms with Crippen molar-refractivity contribution in [1.29, 1.82) is 0 Å². The molecule has 1 aromatic rings. The van der Waals surface area contributed by atoms with Crippen LogP contribution in [0.4, 0.5) is 0 Å². The van der Waals surface area contributed by atoms with E-state index < -0.39 is 0 Å². The molecule has 2 atom stereocenters. The van der Waals surface area contributed by atoms with Crippen LogP contribution < -0.4 is 5.73 Å². The zero-order valence-electron chi connectivity index (χ0n) is 10.00. The lowest BCUT2D eigenvalue weighted by atomic mass is 10.1. The number of benzene rings is 1. The minimum absolute atomic E-state index is 0.552. The molecule has 0 spiro atoms. The molecule has 4 heteroatoms. The van der Waals surface area contributed by atoms with Crippen molar-refractivity contribution < 1.29 is 0 Å². The number of nitrogens with two attached hydrogens (primary N) is 1. The Hall–Kier alpha value is -0.280. The van der Waals surface area contributed by atoms with Gasteiger partial charge >= 0.3 is 0 Å². The van der Waals surface area contributed by atoms with Crippen LogP contribution in [0.15, 0.2) is 18.2 Å². The van der Waals surface area contributed by atoms with Crippen LogP contribution in [0.5, 0.6) is 0 Å². The smallest absolute Gasteiger partial charge is 0.0465 e. The molecule has 1 fully saturated rings. The molecule has 94 valence electrons. The molecule has 2 N–H and O–H groups in total. The monoisotopic (exact) mass is 272 g/mol. The zero-order valence-corrected chi connectivity index (χ0v) is 11.5. The summed E-state index contributed by atoms with van der Waals surface area (Å²) < 4.78 is 0. The molecular weight excluding hydrogens is 255 g/mol. The molecule has 0 radical (unpaired) electrons. The van der Waals surface area contributed by atoms with Crippen LogP contribution in [0.2, 0.25) is 10.0 Å². The Morgan fingerprint density at radius 3 is 2.53 bits per heavy atom. The highest BCUT2D eigenvalue weighted by molar-refractivity contribution is 6.35. The van der Waals surface area contributed by atoms with E-state index in [1.54, 1.807) is 0 Å². The molecule has 0 aromatic heterocycles. The minimum atomic E-state index is 0.552. The van der Waals surface area contributed by atoms with Crippen LogP contribution in [0, 0.1) is 5.92 Å². The lowest BCUT2D eigenvalue weighted by molar-refractivity contribution is 0.256. The highest BCUT2D eigenvalue weighted by atomic mass is 35.5. The fourth-order valence-electron chi connectivity index (χ4n) is 2.50. The molecule has 0 saturated carbocycles. The van der Waals surface area contributed by atoms with Gasteiger partial charge in [0.05, 0.1) is 0 Å². The Morgan fingerprint density at radius 1 is 1.35 bits per heavy atom. The maximum Gasteiger partial charge on any atom is 0.0465 e. The third kappa shape index (κ3) is 2.94. The topological polar surface area (TPSA) is 29.3 Å². The largest absolute Gasteiger partial charge is 0.330 e. The summed E-state index contributed by atoms with van der Waals surface area (Å²) in [5.74, 6) is 0.603. The SMILES string of the molecule is CC1CC(CN)CN1Cc1c(Cl)cccc1Cl. The van der Waals surface area contributed by atoms with Gasteiger partial charge in [0.2, 0.25) is 0 Å². The van der Waals surface area contributed by atoms with Crippen molar-refractivity contribution in [3.63, 3.8) is 0 Å². The second-order valence-corrected chi connectivity index (χ2v) is 5.63. The summed E-state index contributed by atoms with van der Waals surface area (Å²) in [5, 5.41) is 1.50. The van der Waals surface area contributed by atoms with Gasteiger partial charge in [0.25, 0.3) is 0 Å². The summed E-state index contributed by atoms with van der Waals surface area (Å²) >= 11 is 12.4. The van der Waals surface area contributed by atoms with Crippen molar-refractivity contribution in [2.45, 2.75) is 25.9 Å². The summed E-state index contributed by atoms with van der Waals surface area (Å²) in [7, 11) is 0. The van der Waals surface area contributed by atoms with E-state index >= 15 is 0 Å². The summed E-state index contributed by atoms with van der Waals surface area (Å²) in [6, 6.07) is 6.22. The Morgan fingerprint density at radius 2 is 2.00 bits per heavy atom. The third-order valence-corrected chi connectivity index (χ3v) is 4.25. The van der Waals surface area contributed by atoms with Crippen molar-refractivity contribution in [3.05, 3.63) is 33.8 Å². The Labute approximate surface area is 113 Å². The molecule has 1 heterocycles. The minimum Gasteiger partial charge on any atom is -0.330 e. The number of hydrogen-bond donors (Lipinski definition) is 1. The first-order valence-electron chi connectivity index (χ1n) is 5.98. The third-order valence-electron chi connectivity index (χ3n) is 3.55. The standard InChI is InChI=1S/C13H18Cl2N2/c1-9-5-10(6-16)7-17(9)8-11-12(14)3-2-4-13(11)15/h2-4,9-10H,5-8,16H2,1H3. The van der Waals surface area contributed by atoms with E-state index in [0.717, 1.165) is 35.2 Å². The zero-order chi connectivity index (χ0) is 12.4. The molecule has 1 aliphatic heterocycles. The molecule has 17 heavy (non-hydrogen) atoms. The maximum absolute atomic E-state index is 6.19. The van der Waals surface area contributed by atoms with Crippen LogP contribution in [-0.4, -0.2) is 24.0 Å². The first kappa shape index (κ1) is 13.2. The van der Waals surface area contributed by atoms with Gasteiger partial charge in [0.15, 0.2) is 0 Å². The summed E-state index contributed by atoms with van der Waals surface area (Å²) in [5.41, 5.74) is 6.76. The lowest BCUT2D eigenvalue weighted by Crippen LogP contribution is -2.27. The molecule has 2 rings (SSSR count). The van der Waals surface area contributed by atoms with E-state index in [4.69, 9.17) is 28.9 Å². The van der Waals surface area contributed by atoms with Gasteiger partial charge in [-0.3, -0.25) is 4.90 Å². The summed E-state index contributed by atoms with van der Waals surface area (Å²) in [4.78, 5) is 2.41. The Kier molecular flexibility index (Phi) is 4.31. The predicted octanol–water partition coefficient (Wildman–Crippen LogP) is 3.16. The van der Waals surface area contributed by atoms with E-state index in [-0.39, 0.29) is 0 Å². The van der Waals surface area contributed by atoms with Gasteiger partial charge in [-0.2, -0.15) is 0 Å². The molecule has 1 saturated heterocycles. The van der Waals surface area contributed by atoms with Gasteiger partial charge in [-0.15, -0.1) is 0 Å². The molecule has 0 amide bonds. The maximum atomic E-state index is 6.19. The van der Waals surface area contributed by atoms with Crippen LogP contribution in [0.3, 0.4) is 0 Å². The normalized spacial score (nSPS) is 25.4. The van der Waals surface area contributed by atoms with Crippen molar-refractivity contribution in [2.75, 3.05) is 13.1 Å². The predicted molar refractivity (Wildman–Crippen MR) is 73.5 cm³/mol. The highest BCUT2D eigenvalue weighted by Crippen LogP contribution is 2.30. The van der Waals surface area contributed by atoms with Gasteiger partial charge < -0.3 is 5.73 Å². The van der Waals surface area contributed by atoms with Crippen LogP contribution >= 0.6 is 23.2 Å². The summed E-state index contributed by atoms with van der Waals surface area (Å²) in [6.45, 7) is 4.85. The van der Waals surface area contributed by atoms with Crippen LogP contribution in [0.1, 0.15) is 18.9 Å². The number of halogens is 2. The second-order valence-electron chi connectivity index (χ2n) is 4.82. The van der Waals surface area contributed by atoms with Gasteiger partial charge in [-0.1, -0.05) is 29.3 Å². The van der Waals surface area contributed by atoms with Gasteiger partial charge in [0.1, 0.15) is 0 Å². The molecule has 2 nitrogen and oxygen atoms in total. The second kappa shape index (κ2) is 5.57. The van der Waals surface area contributed by atoms with E-state index in [1.165, 1.54) is 6.42 Å². The number of likely N-dealkylation sites (tertiary alicyclic amines) is 1. The average Bonchev–Trinajstić information content (AvgIpc) is 2.65. The van der Waals surface area contributed by atoms with E-state index in [9.17, 15) is 0 Å². The van der Waals surface area contributed by atoms with Crippen molar-refractivity contribution in [3.8, 4) is 0 Å². The van der Waals surface area contributed by atoms with E-state index in [2.05, 4.69) is 11.8 Å². The van der Waals surface area contributed by atoms with Gasteiger partial charge in [-0.05, 0) is 37.9 Å². The molecule has 1 aromatic carbocycles. The fraction of sp³-hybridized carbons (Fsp3) is 0.538. The van der Waals surface area contributed by atoms with Crippen molar-refractivity contribution in [1.82, 2.24) is 4.90 Å². The van der Waals surface area contributed by atoms with E-state index in [0.29, 0.717) is 12.0 Å². The highest BCUT2D eigenvalue weighted by Gasteiger charge is 2.28. The first-order valence-corrected chi connectivity index (χ1v) is 6.74. The number of nitrogens with zero attached hydrogens (tertiary/aromatic N) is 1. The average molecular weight is 273 g/mol. The van der Waals surface area contributed by atoms with Crippen LogP contribution in [-0.2, 0) is 6.54 Å². The number of hydrogen-bond acceptors (Lipinski definition) is 2. The Balaban J connectivity index is 2.11. The molecule has 0 aliphatic carbocycles. The van der Waals surface area contributed by atoms with Gasteiger partial charge in [-0.25, -0.2) is 0 Å². The van der Waals surface area contributed by atoms with Crippen LogP contribution in [0.25, 0.3) is 0 Å². The molecule has 1 aliphatic rings. The first-order chi connectivity index (χ1) is 8.11. The van der Waals surface area contributed by atoms with Crippen molar-refractivity contribution in [2.24, 2.45) is 11.7 Å². The number of rotatable bonds is 3. The van der Waals surface area contributed by atoms with E-state index in [1.807, 2.05) is 18.2 Å². The fourth-order valence-corrected chi connectivity index (χ4v) is 3.01. The molecular formula is C13H18Cl2N2. The van der Waals surface area contributed by atoms with Crippen molar-refractivity contribution >= 4 is 23.2 Å². The molecule has 0 bridgehead atoms. The lowest BCUT2D eigenvalue weighted by Gasteiger charge is -2.22. The quantitative estimate of drug-likeness (QED) is 0.916. The summed E-state index contributed by atoms with van der Waals surface area (Å²) in [6.07, 6.45) is 1.17. The Bertz CT molecular complexity index is 375. The van der Waals surface area contributed by atoms with Gasteiger partial charge in [0, 0.05) is 34.7 Å². The molecule has 2 unspecified atom stereocenters.